The fourth-order valence-corrected chi connectivity index (χ4v) is 7.45. The maximum absolute atomic E-state index is 6.35. The van der Waals surface area contributed by atoms with Crippen molar-refractivity contribution in [1.29, 1.82) is 0 Å². The van der Waals surface area contributed by atoms with Crippen molar-refractivity contribution in [2.45, 2.75) is 134 Å². The molecule has 2 aliphatic carbocycles. The summed E-state index contributed by atoms with van der Waals surface area (Å²) in [5, 5.41) is 3.89. The van der Waals surface area contributed by atoms with Gasteiger partial charge in [-0.2, -0.15) is 0 Å². The minimum atomic E-state index is -0.00166. The molecule has 0 radical (unpaired) electrons. The molecule has 3 fully saturated rings. The second kappa shape index (κ2) is 20.3. The van der Waals surface area contributed by atoms with E-state index in [9.17, 15) is 0 Å². The van der Waals surface area contributed by atoms with Gasteiger partial charge in [-0.3, -0.25) is 0 Å². The standard InChI is InChI=1S/C35H63NO6/c1-7-30-31(37-3)22-26(23-32(30)38-4)16-18-28-14-13-15-29(36-28)19-17-27-24-33(39-5)35(34(25-27)40-6)42-21-12-10-9-11-20-41-8-2/h16-19,26-36H,7-15,20-25H2,1-6H3/b18-16+,19-17+. The van der Waals surface area contributed by atoms with Gasteiger partial charge >= 0.3 is 0 Å². The lowest BCUT2D eigenvalue weighted by Crippen LogP contribution is -2.48. The number of piperidine rings is 1. The number of rotatable bonds is 18. The van der Waals surface area contributed by atoms with Crippen molar-refractivity contribution in [3.8, 4) is 0 Å². The zero-order chi connectivity index (χ0) is 30.2. The molecule has 0 bridgehead atoms. The fraction of sp³-hybridized carbons (Fsp3) is 0.886. The van der Waals surface area contributed by atoms with Gasteiger partial charge in [0.1, 0.15) is 6.10 Å². The molecule has 0 amide bonds. The molecular formula is C35H63NO6. The minimum absolute atomic E-state index is 0.00166. The summed E-state index contributed by atoms with van der Waals surface area (Å²) >= 11 is 0. The molecule has 244 valence electrons. The SMILES string of the molecule is CCOCCCCCCOC1C(OC)CC(/C=C/C2CCCC(/C=C/C3CC(OC)C(CC)C(OC)C3)N2)CC1OC. The molecule has 1 saturated heterocycles. The lowest BCUT2D eigenvalue weighted by atomic mass is 9.76. The Labute approximate surface area is 257 Å². The van der Waals surface area contributed by atoms with E-state index in [0.717, 1.165) is 64.8 Å². The summed E-state index contributed by atoms with van der Waals surface area (Å²) in [6.07, 6.45) is 23.8. The van der Waals surface area contributed by atoms with E-state index in [1.54, 1.807) is 0 Å². The van der Waals surface area contributed by atoms with E-state index in [0.29, 0.717) is 29.8 Å². The molecule has 7 nitrogen and oxygen atoms in total. The predicted octanol–water partition coefficient (Wildman–Crippen LogP) is 6.50. The van der Waals surface area contributed by atoms with Crippen LogP contribution >= 0.6 is 0 Å². The molecular weight excluding hydrogens is 530 g/mol. The van der Waals surface area contributed by atoms with Crippen molar-refractivity contribution in [2.75, 3.05) is 48.3 Å². The van der Waals surface area contributed by atoms with Crippen LogP contribution in [-0.2, 0) is 28.4 Å². The largest absolute Gasteiger partial charge is 0.382 e. The molecule has 6 atom stereocenters. The van der Waals surface area contributed by atoms with Crippen LogP contribution in [0, 0.1) is 17.8 Å². The average molecular weight is 594 g/mol. The number of methoxy groups -OCH3 is 4. The number of nitrogens with one attached hydrogen (secondary N) is 1. The van der Waals surface area contributed by atoms with E-state index in [-0.39, 0.29) is 30.5 Å². The molecule has 6 unspecified atom stereocenters. The highest BCUT2D eigenvalue weighted by molar-refractivity contribution is 5.07. The quantitative estimate of drug-likeness (QED) is 0.144. The molecule has 3 rings (SSSR count). The normalized spacial score (nSPS) is 36.2. The number of ether oxygens (including phenoxy) is 6. The van der Waals surface area contributed by atoms with E-state index >= 15 is 0 Å². The van der Waals surface area contributed by atoms with Gasteiger partial charge in [0.2, 0.25) is 0 Å². The summed E-state index contributed by atoms with van der Waals surface area (Å²) < 4.78 is 35.4. The van der Waals surface area contributed by atoms with Crippen LogP contribution in [0.5, 0.6) is 0 Å². The Kier molecular flexibility index (Phi) is 17.2. The maximum Gasteiger partial charge on any atom is 0.110 e. The van der Waals surface area contributed by atoms with Crippen LogP contribution in [0.3, 0.4) is 0 Å². The minimum Gasteiger partial charge on any atom is -0.382 e. The Morgan fingerprint density at radius 1 is 0.619 bits per heavy atom. The third kappa shape index (κ3) is 11.3. The molecule has 2 saturated carbocycles. The Hall–Kier alpha value is -0.800. The molecule has 1 heterocycles. The number of hydrogen-bond donors (Lipinski definition) is 1. The summed E-state index contributed by atoms with van der Waals surface area (Å²) in [4.78, 5) is 0. The summed E-state index contributed by atoms with van der Waals surface area (Å²) in [6, 6.07) is 0.822. The van der Waals surface area contributed by atoms with E-state index in [2.05, 4.69) is 36.5 Å². The maximum atomic E-state index is 6.35. The van der Waals surface area contributed by atoms with E-state index in [1.165, 1.54) is 32.1 Å². The van der Waals surface area contributed by atoms with Gasteiger partial charge in [0.05, 0.1) is 24.4 Å². The Bertz CT molecular complexity index is 734. The van der Waals surface area contributed by atoms with Gasteiger partial charge in [-0.15, -0.1) is 0 Å². The number of hydrogen-bond acceptors (Lipinski definition) is 7. The Morgan fingerprint density at radius 2 is 1.12 bits per heavy atom. The van der Waals surface area contributed by atoms with Gasteiger partial charge in [0.15, 0.2) is 0 Å². The van der Waals surface area contributed by atoms with Crippen LogP contribution in [0.2, 0.25) is 0 Å². The van der Waals surface area contributed by atoms with Crippen LogP contribution in [0.15, 0.2) is 24.3 Å². The fourth-order valence-electron chi connectivity index (χ4n) is 7.45. The Balaban J connectivity index is 1.45. The first-order chi connectivity index (χ1) is 20.6. The molecule has 0 spiro atoms. The van der Waals surface area contributed by atoms with Crippen LogP contribution in [-0.4, -0.2) is 90.9 Å². The Morgan fingerprint density at radius 3 is 1.60 bits per heavy atom. The smallest absolute Gasteiger partial charge is 0.110 e. The van der Waals surface area contributed by atoms with Crippen LogP contribution in [0.25, 0.3) is 0 Å². The molecule has 3 aliphatic rings. The summed E-state index contributed by atoms with van der Waals surface area (Å²) in [5.41, 5.74) is 0. The molecule has 1 N–H and O–H groups in total. The van der Waals surface area contributed by atoms with Crippen molar-refractivity contribution < 1.29 is 28.4 Å². The topological polar surface area (TPSA) is 67.4 Å². The molecule has 0 aromatic rings. The van der Waals surface area contributed by atoms with Crippen LogP contribution in [0.4, 0.5) is 0 Å². The second-order valence-electron chi connectivity index (χ2n) is 12.7. The lowest BCUT2D eigenvalue weighted by molar-refractivity contribution is -0.149. The van der Waals surface area contributed by atoms with Crippen molar-refractivity contribution >= 4 is 0 Å². The molecule has 7 heteroatoms. The zero-order valence-electron chi connectivity index (χ0n) is 27.6. The monoisotopic (exact) mass is 593 g/mol. The van der Waals surface area contributed by atoms with Gasteiger partial charge in [-0.1, -0.05) is 44.1 Å². The predicted molar refractivity (Wildman–Crippen MR) is 170 cm³/mol. The zero-order valence-corrected chi connectivity index (χ0v) is 27.6. The van der Waals surface area contributed by atoms with E-state index < -0.39 is 0 Å². The van der Waals surface area contributed by atoms with E-state index in [4.69, 9.17) is 28.4 Å². The molecule has 0 aromatic heterocycles. The number of unbranched alkanes of at least 4 members (excludes halogenated alkanes) is 3. The first-order valence-corrected chi connectivity index (χ1v) is 17.0. The second-order valence-corrected chi connectivity index (χ2v) is 12.7. The van der Waals surface area contributed by atoms with Gasteiger partial charge in [-0.05, 0) is 83.0 Å². The highest BCUT2D eigenvalue weighted by Gasteiger charge is 2.39. The van der Waals surface area contributed by atoms with Crippen molar-refractivity contribution in [2.24, 2.45) is 17.8 Å². The van der Waals surface area contributed by atoms with Crippen LogP contribution < -0.4 is 5.32 Å². The van der Waals surface area contributed by atoms with Crippen molar-refractivity contribution in [3.63, 3.8) is 0 Å². The number of allylic oxidation sites excluding steroid dienone is 2. The lowest BCUT2D eigenvalue weighted by Gasteiger charge is -2.40. The molecule has 42 heavy (non-hydrogen) atoms. The van der Waals surface area contributed by atoms with Gasteiger partial charge in [0.25, 0.3) is 0 Å². The molecule has 1 aliphatic heterocycles. The van der Waals surface area contributed by atoms with Gasteiger partial charge < -0.3 is 33.7 Å². The summed E-state index contributed by atoms with van der Waals surface area (Å²) in [5.74, 6) is 1.43. The van der Waals surface area contributed by atoms with Crippen molar-refractivity contribution in [1.82, 2.24) is 5.32 Å². The third-order valence-electron chi connectivity index (χ3n) is 9.90. The average Bonchev–Trinajstić information content (AvgIpc) is 3.03. The molecule has 0 aromatic carbocycles. The highest BCUT2D eigenvalue weighted by Crippen LogP contribution is 2.36. The van der Waals surface area contributed by atoms with Gasteiger partial charge in [0, 0.05) is 66.3 Å². The van der Waals surface area contributed by atoms with E-state index in [1.807, 2.05) is 35.4 Å². The van der Waals surface area contributed by atoms with Gasteiger partial charge in [-0.25, -0.2) is 0 Å². The first-order valence-electron chi connectivity index (χ1n) is 17.0. The third-order valence-corrected chi connectivity index (χ3v) is 9.90. The summed E-state index contributed by atoms with van der Waals surface area (Å²) in [7, 11) is 7.32. The van der Waals surface area contributed by atoms with Crippen LogP contribution in [0.1, 0.15) is 90.9 Å². The highest BCUT2D eigenvalue weighted by atomic mass is 16.6. The summed E-state index contributed by atoms with van der Waals surface area (Å²) in [6.45, 7) is 6.73. The first kappa shape index (κ1) is 35.7. The van der Waals surface area contributed by atoms with Crippen molar-refractivity contribution in [3.05, 3.63) is 24.3 Å².